The third kappa shape index (κ3) is 2.15. The average molecular weight is 277 g/mol. The number of hydrogen-bond donors (Lipinski definition) is 1. The highest BCUT2D eigenvalue weighted by Crippen LogP contribution is 2.35. The molecule has 0 aromatic carbocycles. The molecule has 0 saturated heterocycles. The lowest BCUT2D eigenvalue weighted by molar-refractivity contribution is 0.0804. The first-order chi connectivity index (χ1) is 8.97. The maximum absolute atomic E-state index is 12.3. The molecule has 2 aromatic rings. The molecule has 19 heavy (non-hydrogen) atoms. The van der Waals surface area contributed by atoms with E-state index in [9.17, 15) is 4.79 Å². The van der Waals surface area contributed by atoms with Gasteiger partial charge in [-0.3, -0.25) is 9.48 Å². The van der Waals surface area contributed by atoms with Crippen LogP contribution < -0.4 is 5.73 Å². The smallest absolute Gasteiger partial charge is 0.265 e. The van der Waals surface area contributed by atoms with Crippen LogP contribution in [0.5, 0.6) is 0 Å². The number of hydrogen-bond acceptors (Lipinski definition) is 5. The van der Waals surface area contributed by atoms with E-state index in [1.807, 2.05) is 20.0 Å². The van der Waals surface area contributed by atoms with Gasteiger partial charge in [-0.2, -0.15) is 10.4 Å². The largest absolute Gasteiger partial charge is 0.397 e. The molecule has 0 fully saturated rings. The molecule has 0 unspecified atom stereocenters. The van der Waals surface area contributed by atoms with E-state index in [0.717, 1.165) is 15.9 Å². The number of carbonyl (C=O) groups excluding carboxylic acids is 1. The molecule has 0 spiro atoms. The van der Waals surface area contributed by atoms with E-state index in [2.05, 4.69) is 5.10 Å². The van der Waals surface area contributed by atoms with Crippen LogP contribution in [0.1, 0.15) is 21.8 Å². The fraction of sp³-hybridized carbons (Fsp3) is 0.417. The van der Waals surface area contributed by atoms with Crippen LogP contribution >= 0.6 is 11.3 Å². The maximum atomic E-state index is 12.3. The van der Waals surface area contributed by atoms with Crippen LogP contribution in [0, 0.1) is 18.3 Å². The van der Waals surface area contributed by atoms with Gasteiger partial charge in [0.1, 0.15) is 9.71 Å². The molecule has 1 amide bonds. The molecule has 0 aliphatic heterocycles. The summed E-state index contributed by atoms with van der Waals surface area (Å²) in [5.74, 6) is -0.145. The third-order valence-electron chi connectivity index (χ3n) is 2.98. The lowest BCUT2D eigenvalue weighted by atomic mass is 10.2. The van der Waals surface area contributed by atoms with E-state index < -0.39 is 0 Å². The van der Waals surface area contributed by atoms with Gasteiger partial charge in [-0.05, 0) is 6.92 Å². The number of anilines is 1. The van der Waals surface area contributed by atoms with Gasteiger partial charge in [0, 0.05) is 20.6 Å². The van der Waals surface area contributed by atoms with Crippen molar-refractivity contribution in [1.82, 2.24) is 14.7 Å². The maximum Gasteiger partial charge on any atom is 0.265 e. The number of aromatic nitrogens is 2. The number of carbonyl (C=O) groups is 1. The van der Waals surface area contributed by atoms with Gasteiger partial charge in [-0.15, -0.1) is 11.3 Å². The molecule has 6 nitrogen and oxygen atoms in total. The minimum atomic E-state index is -0.145. The second kappa shape index (κ2) is 4.90. The number of nitriles is 1. The van der Waals surface area contributed by atoms with Gasteiger partial charge >= 0.3 is 0 Å². The normalized spacial score (nSPS) is 10.6. The van der Waals surface area contributed by atoms with Crippen molar-refractivity contribution >= 4 is 33.1 Å². The zero-order chi connectivity index (χ0) is 14.2. The summed E-state index contributed by atoms with van der Waals surface area (Å²) < 4.78 is 1.73. The second-order valence-electron chi connectivity index (χ2n) is 4.37. The molecule has 0 atom stereocenters. The Hall–Kier alpha value is -2.07. The highest BCUT2D eigenvalue weighted by molar-refractivity contribution is 7.21. The van der Waals surface area contributed by atoms with Crippen molar-refractivity contribution < 1.29 is 4.79 Å². The van der Waals surface area contributed by atoms with Gasteiger partial charge in [0.05, 0.1) is 29.3 Å². The summed E-state index contributed by atoms with van der Waals surface area (Å²) in [6.45, 7) is 2.28. The number of amides is 1. The molecular formula is C12H15N5OS. The minimum Gasteiger partial charge on any atom is -0.397 e. The van der Waals surface area contributed by atoms with Crippen molar-refractivity contribution in [3.8, 4) is 6.07 Å². The number of rotatable bonds is 3. The van der Waals surface area contributed by atoms with Crippen LogP contribution in [0.15, 0.2) is 0 Å². The topological polar surface area (TPSA) is 87.9 Å². The van der Waals surface area contributed by atoms with Crippen molar-refractivity contribution in [2.45, 2.75) is 13.3 Å². The Morgan fingerprint density at radius 3 is 2.89 bits per heavy atom. The summed E-state index contributed by atoms with van der Waals surface area (Å²) in [7, 11) is 3.51. The Balaban J connectivity index is 2.41. The zero-order valence-electron chi connectivity index (χ0n) is 11.1. The van der Waals surface area contributed by atoms with E-state index in [1.165, 1.54) is 16.2 Å². The fourth-order valence-corrected chi connectivity index (χ4v) is 3.16. The predicted octanol–water partition coefficient (Wildman–Crippen LogP) is 1.51. The summed E-state index contributed by atoms with van der Waals surface area (Å²) >= 11 is 1.34. The monoisotopic (exact) mass is 277 g/mol. The SMILES string of the molecule is Cc1nn(C)c2sc(C(=O)N(C)CCC#N)c(N)c12. The van der Waals surface area contributed by atoms with Gasteiger partial charge < -0.3 is 10.6 Å². The number of aryl methyl sites for hydroxylation is 2. The van der Waals surface area contributed by atoms with Gasteiger partial charge in [0.2, 0.25) is 0 Å². The molecule has 2 aromatic heterocycles. The third-order valence-corrected chi connectivity index (χ3v) is 4.24. The van der Waals surface area contributed by atoms with Crippen molar-refractivity contribution in [1.29, 1.82) is 5.26 Å². The highest BCUT2D eigenvalue weighted by atomic mass is 32.1. The summed E-state index contributed by atoms with van der Waals surface area (Å²) in [5, 5.41) is 13.7. The van der Waals surface area contributed by atoms with Crippen LogP contribution in [0.2, 0.25) is 0 Å². The molecule has 2 N–H and O–H groups in total. The number of nitrogens with two attached hydrogens (primary N) is 1. The predicted molar refractivity (Wildman–Crippen MR) is 74.9 cm³/mol. The molecule has 0 bridgehead atoms. The average Bonchev–Trinajstić information content (AvgIpc) is 2.85. The summed E-state index contributed by atoms with van der Waals surface area (Å²) in [6.07, 6.45) is 0.313. The number of thiophene rings is 1. The first-order valence-electron chi connectivity index (χ1n) is 5.81. The van der Waals surface area contributed by atoms with Gasteiger partial charge in [0.25, 0.3) is 5.91 Å². The standard InChI is InChI=1S/C12H15N5OS/c1-7-8-9(14)10(19-12(8)17(3)15-7)11(18)16(2)6-4-5-13/h4,6,14H2,1-3H3. The quantitative estimate of drug-likeness (QED) is 0.921. The molecule has 0 radical (unpaired) electrons. The van der Waals surface area contributed by atoms with E-state index >= 15 is 0 Å². The molecule has 100 valence electrons. The Bertz CT molecular complexity index is 678. The molecule has 0 saturated carbocycles. The van der Waals surface area contributed by atoms with Gasteiger partial charge in [0.15, 0.2) is 0 Å². The molecule has 0 aliphatic carbocycles. The fourth-order valence-electron chi connectivity index (χ4n) is 1.98. The van der Waals surface area contributed by atoms with Crippen molar-refractivity contribution in [2.24, 2.45) is 7.05 Å². The van der Waals surface area contributed by atoms with Crippen molar-refractivity contribution in [3.05, 3.63) is 10.6 Å². The first kappa shape index (κ1) is 13.4. The second-order valence-corrected chi connectivity index (χ2v) is 5.37. The summed E-state index contributed by atoms with van der Waals surface area (Å²) in [4.78, 5) is 15.2. The highest BCUT2D eigenvalue weighted by Gasteiger charge is 2.22. The number of fused-ring (bicyclic) bond motifs is 1. The van der Waals surface area contributed by atoms with E-state index in [1.54, 1.807) is 11.7 Å². The Morgan fingerprint density at radius 2 is 2.32 bits per heavy atom. The van der Waals surface area contributed by atoms with Gasteiger partial charge in [-0.1, -0.05) is 0 Å². The minimum absolute atomic E-state index is 0.145. The lowest BCUT2D eigenvalue weighted by Crippen LogP contribution is -2.27. The van der Waals surface area contributed by atoms with Crippen LogP contribution in [-0.4, -0.2) is 34.2 Å². The molecule has 2 heterocycles. The summed E-state index contributed by atoms with van der Waals surface area (Å²) in [5.41, 5.74) is 7.37. The molecule has 7 heteroatoms. The van der Waals surface area contributed by atoms with Crippen molar-refractivity contribution in [3.63, 3.8) is 0 Å². The van der Waals surface area contributed by atoms with E-state index in [0.29, 0.717) is 23.5 Å². The Labute approximate surface area is 115 Å². The first-order valence-corrected chi connectivity index (χ1v) is 6.63. The summed E-state index contributed by atoms with van der Waals surface area (Å²) in [6, 6.07) is 2.02. The lowest BCUT2D eigenvalue weighted by Gasteiger charge is -2.14. The van der Waals surface area contributed by atoms with E-state index in [4.69, 9.17) is 11.0 Å². The van der Waals surface area contributed by atoms with Crippen LogP contribution in [-0.2, 0) is 7.05 Å². The van der Waals surface area contributed by atoms with Crippen LogP contribution in [0.3, 0.4) is 0 Å². The van der Waals surface area contributed by atoms with Crippen molar-refractivity contribution in [2.75, 3.05) is 19.3 Å². The Morgan fingerprint density at radius 1 is 1.63 bits per heavy atom. The van der Waals surface area contributed by atoms with Crippen LogP contribution in [0.4, 0.5) is 5.69 Å². The molecule has 2 rings (SSSR count). The number of nitrogen functional groups attached to an aromatic ring is 1. The van der Waals surface area contributed by atoms with E-state index in [-0.39, 0.29) is 5.91 Å². The number of nitrogens with zero attached hydrogens (tertiary/aromatic N) is 4. The molecular weight excluding hydrogens is 262 g/mol. The zero-order valence-corrected chi connectivity index (χ0v) is 11.9. The molecule has 0 aliphatic rings. The van der Waals surface area contributed by atoms with Crippen LogP contribution in [0.25, 0.3) is 10.2 Å². The Kier molecular flexibility index (Phi) is 3.44. The van der Waals surface area contributed by atoms with Gasteiger partial charge in [-0.25, -0.2) is 0 Å².